The summed E-state index contributed by atoms with van der Waals surface area (Å²) in [4.78, 5) is 11.4. The lowest BCUT2D eigenvalue weighted by atomic mass is 10.1. The van der Waals surface area contributed by atoms with Crippen LogP contribution in [-0.2, 0) is 16.0 Å². The molecule has 5 heteroatoms. The standard InChI is InChI=1S/C12H17NO3.BrH/c1-8(2)16-12(15)11(13)7-9-3-5-10(14)6-4-9;/h3-6,8,11,14H,7,13H2,1-2H3;1H/t11-;/m0./s1. The van der Waals surface area contributed by atoms with Gasteiger partial charge in [0.15, 0.2) is 0 Å². The van der Waals surface area contributed by atoms with Crippen LogP contribution in [-0.4, -0.2) is 23.2 Å². The second-order valence-corrected chi connectivity index (χ2v) is 3.96. The first kappa shape index (κ1) is 15.9. The van der Waals surface area contributed by atoms with Gasteiger partial charge < -0.3 is 15.6 Å². The molecule has 0 heterocycles. The van der Waals surface area contributed by atoms with E-state index in [0.717, 1.165) is 5.56 Å². The van der Waals surface area contributed by atoms with Gasteiger partial charge in [0.1, 0.15) is 11.8 Å². The number of hydrogen-bond donors (Lipinski definition) is 2. The van der Waals surface area contributed by atoms with Gasteiger partial charge in [0.25, 0.3) is 0 Å². The van der Waals surface area contributed by atoms with E-state index in [4.69, 9.17) is 15.6 Å². The Bertz CT molecular complexity index is 351. The molecule has 0 saturated carbocycles. The number of carbonyl (C=O) groups excluding carboxylic acids is 1. The maximum absolute atomic E-state index is 11.4. The Hall–Kier alpha value is -1.07. The van der Waals surface area contributed by atoms with E-state index in [-0.39, 0.29) is 28.8 Å². The molecule has 0 aromatic heterocycles. The van der Waals surface area contributed by atoms with Crippen LogP contribution in [0.25, 0.3) is 0 Å². The largest absolute Gasteiger partial charge is 0.508 e. The van der Waals surface area contributed by atoms with E-state index in [0.29, 0.717) is 6.42 Å². The first-order valence-corrected chi connectivity index (χ1v) is 5.23. The molecule has 0 fully saturated rings. The molecule has 3 N–H and O–H groups in total. The van der Waals surface area contributed by atoms with Crippen molar-refractivity contribution in [3.63, 3.8) is 0 Å². The van der Waals surface area contributed by atoms with Crippen LogP contribution in [0.4, 0.5) is 0 Å². The van der Waals surface area contributed by atoms with Crippen molar-refractivity contribution >= 4 is 23.0 Å². The molecular weight excluding hydrogens is 286 g/mol. The van der Waals surface area contributed by atoms with Gasteiger partial charge in [-0.15, -0.1) is 17.0 Å². The second-order valence-electron chi connectivity index (χ2n) is 3.96. The number of esters is 1. The van der Waals surface area contributed by atoms with Crippen LogP contribution in [0.3, 0.4) is 0 Å². The quantitative estimate of drug-likeness (QED) is 0.832. The molecular formula is C12H18BrNO3. The number of ether oxygens (including phenoxy) is 1. The number of nitrogens with two attached hydrogens (primary N) is 1. The number of rotatable bonds is 4. The highest BCUT2D eigenvalue weighted by Crippen LogP contribution is 2.11. The summed E-state index contributed by atoms with van der Waals surface area (Å²) in [7, 11) is 0. The molecule has 0 aliphatic heterocycles. The Morgan fingerprint density at radius 2 is 1.88 bits per heavy atom. The molecule has 1 aromatic carbocycles. The van der Waals surface area contributed by atoms with E-state index < -0.39 is 12.0 Å². The first-order valence-electron chi connectivity index (χ1n) is 5.23. The molecule has 0 saturated heterocycles. The van der Waals surface area contributed by atoms with Crippen molar-refractivity contribution in [2.75, 3.05) is 0 Å². The van der Waals surface area contributed by atoms with Crippen molar-refractivity contribution < 1.29 is 14.6 Å². The van der Waals surface area contributed by atoms with Gasteiger partial charge in [-0.3, -0.25) is 4.79 Å². The molecule has 0 unspecified atom stereocenters. The van der Waals surface area contributed by atoms with Crippen molar-refractivity contribution in [3.05, 3.63) is 29.8 Å². The Morgan fingerprint density at radius 1 is 1.35 bits per heavy atom. The molecule has 1 aromatic rings. The maximum atomic E-state index is 11.4. The van der Waals surface area contributed by atoms with Crippen LogP contribution < -0.4 is 5.73 Å². The Labute approximate surface area is 112 Å². The third-order valence-corrected chi connectivity index (χ3v) is 2.05. The smallest absolute Gasteiger partial charge is 0.323 e. The lowest BCUT2D eigenvalue weighted by Gasteiger charge is -2.13. The van der Waals surface area contributed by atoms with Crippen LogP contribution in [0, 0.1) is 0 Å². The van der Waals surface area contributed by atoms with Crippen molar-refractivity contribution in [1.82, 2.24) is 0 Å². The van der Waals surface area contributed by atoms with Crippen molar-refractivity contribution in [3.8, 4) is 5.75 Å². The predicted octanol–water partition coefficient (Wildman–Crippen LogP) is 1.79. The second kappa shape index (κ2) is 7.29. The summed E-state index contributed by atoms with van der Waals surface area (Å²) >= 11 is 0. The molecule has 0 aliphatic rings. The highest BCUT2D eigenvalue weighted by Gasteiger charge is 2.16. The summed E-state index contributed by atoms with van der Waals surface area (Å²) in [6, 6.07) is 5.94. The van der Waals surface area contributed by atoms with E-state index in [1.54, 1.807) is 38.1 Å². The maximum Gasteiger partial charge on any atom is 0.323 e. The molecule has 0 bridgehead atoms. The fourth-order valence-corrected chi connectivity index (χ4v) is 1.29. The Kier molecular flexibility index (Phi) is 6.83. The molecule has 96 valence electrons. The number of hydrogen-bond acceptors (Lipinski definition) is 4. The predicted molar refractivity (Wildman–Crippen MR) is 71.3 cm³/mol. The number of aromatic hydroxyl groups is 1. The zero-order valence-corrected chi connectivity index (χ0v) is 11.6. The van der Waals surface area contributed by atoms with E-state index in [2.05, 4.69) is 0 Å². The van der Waals surface area contributed by atoms with Crippen molar-refractivity contribution in [2.24, 2.45) is 5.73 Å². The molecule has 1 atom stereocenters. The van der Waals surface area contributed by atoms with Gasteiger partial charge in [0.05, 0.1) is 6.10 Å². The van der Waals surface area contributed by atoms with E-state index >= 15 is 0 Å². The fraction of sp³-hybridized carbons (Fsp3) is 0.417. The zero-order chi connectivity index (χ0) is 12.1. The van der Waals surface area contributed by atoms with E-state index in [1.165, 1.54) is 0 Å². The molecule has 0 radical (unpaired) electrons. The highest BCUT2D eigenvalue weighted by molar-refractivity contribution is 8.93. The molecule has 1 rings (SSSR count). The van der Waals surface area contributed by atoms with Crippen LogP contribution >= 0.6 is 17.0 Å². The van der Waals surface area contributed by atoms with Crippen LogP contribution in [0.2, 0.25) is 0 Å². The number of halogens is 1. The molecule has 17 heavy (non-hydrogen) atoms. The third kappa shape index (κ3) is 5.70. The van der Waals surface area contributed by atoms with Gasteiger partial charge in [0.2, 0.25) is 0 Å². The fourth-order valence-electron chi connectivity index (χ4n) is 1.29. The van der Waals surface area contributed by atoms with Gasteiger partial charge in [-0.1, -0.05) is 12.1 Å². The molecule has 0 spiro atoms. The van der Waals surface area contributed by atoms with Crippen LogP contribution in [0.15, 0.2) is 24.3 Å². The average Bonchev–Trinajstić information content (AvgIpc) is 2.20. The summed E-state index contributed by atoms with van der Waals surface area (Å²) in [5, 5.41) is 9.10. The molecule has 0 amide bonds. The van der Waals surface area contributed by atoms with Crippen LogP contribution in [0.5, 0.6) is 5.75 Å². The van der Waals surface area contributed by atoms with Crippen molar-refractivity contribution in [2.45, 2.75) is 32.4 Å². The topological polar surface area (TPSA) is 72.5 Å². The summed E-state index contributed by atoms with van der Waals surface area (Å²) < 4.78 is 4.99. The highest BCUT2D eigenvalue weighted by atomic mass is 79.9. The summed E-state index contributed by atoms with van der Waals surface area (Å²) in [5.41, 5.74) is 6.59. The normalized spacial score (nSPS) is 11.8. The number of phenols is 1. The number of carbonyl (C=O) groups is 1. The lowest BCUT2D eigenvalue weighted by Crippen LogP contribution is -2.35. The van der Waals surface area contributed by atoms with Gasteiger partial charge in [-0.05, 0) is 38.0 Å². The Balaban J connectivity index is 0.00000256. The SMILES string of the molecule is Br.CC(C)OC(=O)[C@@H](N)Cc1ccc(O)cc1. The molecule has 4 nitrogen and oxygen atoms in total. The summed E-state index contributed by atoms with van der Waals surface area (Å²) in [6.45, 7) is 3.57. The van der Waals surface area contributed by atoms with E-state index in [1.807, 2.05) is 0 Å². The van der Waals surface area contributed by atoms with Gasteiger partial charge in [-0.25, -0.2) is 0 Å². The Morgan fingerprint density at radius 3 is 2.35 bits per heavy atom. The van der Waals surface area contributed by atoms with Gasteiger partial charge in [0, 0.05) is 0 Å². The van der Waals surface area contributed by atoms with Crippen molar-refractivity contribution in [1.29, 1.82) is 0 Å². The lowest BCUT2D eigenvalue weighted by molar-refractivity contribution is -0.148. The minimum atomic E-state index is -0.660. The minimum absolute atomic E-state index is 0. The average molecular weight is 304 g/mol. The summed E-state index contributed by atoms with van der Waals surface area (Å²) in [5.74, 6) is -0.204. The van der Waals surface area contributed by atoms with E-state index in [9.17, 15) is 4.79 Å². The number of benzene rings is 1. The first-order chi connectivity index (χ1) is 7.49. The van der Waals surface area contributed by atoms with Gasteiger partial charge >= 0.3 is 5.97 Å². The van der Waals surface area contributed by atoms with Gasteiger partial charge in [-0.2, -0.15) is 0 Å². The zero-order valence-electron chi connectivity index (χ0n) is 9.92. The summed E-state index contributed by atoms with van der Waals surface area (Å²) in [6.07, 6.45) is 0.254. The minimum Gasteiger partial charge on any atom is -0.508 e. The number of phenolic OH excluding ortho intramolecular Hbond substituents is 1. The monoisotopic (exact) mass is 303 g/mol. The third-order valence-electron chi connectivity index (χ3n) is 2.05. The van der Waals surface area contributed by atoms with Crippen LogP contribution in [0.1, 0.15) is 19.4 Å². The molecule has 0 aliphatic carbocycles.